The summed E-state index contributed by atoms with van der Waals surface area (Å²) in [5, 5.41) is 9.04. The van der Waals surface area contributed by atoms with Gasteiger partial charge in [0.15, 0.2) is 12.3 Å². The lowest BCUT2D eigenvalue weighted by Crippen LogP contribution is -2.45. The minimum Gasteiger partial charge on any atom is -0.452 e. The molecule has 9 heteroatoms. The number of hydrogen-bond donors (Lipinski definition) is 2. The van der Waals surface area contributed by atoms with E-state index in [2.05, 4.69) is 20.7 Å². The predicted molar refractivity (Wildman–Crippen MR) is 86.9 cm³/mol. The molecule has 0 atom stereocenters. The van der Waals surface area contributed by atoms with Crippen molar-refractivity contribution in [3.63, 3.8) is 0 Å². The number of carbonyl (C=O) groups excluding carboxylic acids is 3. The Morgan fingerprint density at radius 2 is 2.08 bits per heavy atom. The van der Waals surface area contributed by atoms with Gasteiger partial charge in [-0.25, -0.2) is 19.1 Å². The Balaban J connectivity index is 1.53. The topological polar surface area (TPSA) is 115 Å². The van der Waals surface area contributed by atoms with E-state index in [9.17, 15) is 14.4 Å². The average molecular weight is 345 g/mol. The molecule has 0 saturated heterocycles. The lowest BCUT2D eigenvalue weighted by Gasteiger charge is -2.12. The van der Waals surface area contributed by atoms with Crippen LogP contribution in [0.2, 0.25) is 0 Å². The predicted octanol–water partition coefficient (Wildman–Crippen LogP) is 0.963. The first-order chi connectivity index (χ1) is 12.0. The number of aryl methyl sites for hydroxylation is 1. The molecule has 2 aromatic rings. The van der Waals surface area contributed by atoms with E-state index in [1.165, 1.54) is 10.7 Å². The van der Waals surface area contributed by atoms with Crippen molar-refractivity contribution in [2.45, 2.75) is 38.6 Å². The molecule has 3 amide bonds. The number of ether oxygens (including phenoxy) is 1. The van der Waals surface area contributed by atoms with E-state index >= 15 is 0 Å². The standard InChI is InChI=1S/C16H19N5O4/c1-10-13(14-17-7-4-8-21(14)20-10)15(23)25-9-12(22)19-16(24)18-11-5-2-3-6-11/h4,7-8,11H,2-3,5-6,9H2,1H3,(H2,18,19,22,24). The SMILES string of the molecule is Cc1nn2cccnc2c1C(=O)OCC(=O)NC(=O)NC1CCCC1. The van der Waals surface area contributed by atoms with Crippen molar-refractivity contribution in [2.24, 2.45) is 0 Å². The summed E-state index contributed by atoms with van der Waals surface area (Å²) < 4.78 is 6.44. The molecule has 132 valence electrons. The molecule has 0 aliphatic heterocycles. The van der Waals surface area contributed by atoms with E-state index in [-0.39, 0.29) is 11.6 Å². The Labute approximate surface area is 143 Å². The Bertz CT molecular complexity index is 810. The number of amides is 3. The number of fused-ring (bicyclic) bond motifs is 1. The van der Waals surface area contributed by atoms with Crippen LogP contribution < -0.4 is 10.6 Å². The second-order valence-electron chi connectivity index (χ2n) is 5.93. The quantitative estimate of drug-likeness (QED) is 0.798. The number of carbonyl (C=O) groups is 3. The third-order valence-electron chi connectivity index (χ3n) is 4.05. The van der Waals surface area contributed by atoms with E-state index < -0.39 is 24.5 Å². The zero-order valence-electron chi connectivity index (χ0n) is 13.8. The first-order valence-electron chi connectivity index (χ1n) is 8.12. The summed E-state index contributed by atoms with van der Waals surface area (Å²) in [7, 11) is 0. The fraction of sp³-hybridized carbons (Fsp3) is 0.438. The molecule has 0 spiro atoms. The van der Waals surface area contributed by atoms with Crippen LogP contribution in [0.25, 0.3) is 5.65 Å². The summed E-state index contributed by atoms with van der Waals surface area (Å²) in [6.45, 7) is 1.10. The van der Waals surface area contributed by atoms with Gasteiger partial charge in [-0.15, -0.1) is 0 Å². The molecule has 3 rings (SSSR count). The first kappa shape index (κ1) is 16.9. The fourth-order valence-electron chi connectivity index (χ4n) is 2.89. The molecule has 2 heterocycles. The van der Waals surface area contributed by atoms with Gasteiger partial charge in [-0.3, -0.25) is 10.1 Å². The monoisotopic (exact) mass is 345 g/mol. The number of hydrogen-bond acceptors (Lipinski definition) is 6. The Hall–Kier alpha value is -2.97. The third-order valence-corrected chi connectivity index (χ3v) is 4.05. The van der Waals surface area contributed by atoms with E-state index in [1.807, 2.05) is 0 Å². The maximum atomic E-state index is 12.2. The molecular formula is C16H19N5O4. The Morgan fingerprint density at radius 3 is 2.84 bits per heavy atom. The van der Waals surface area contributed by atoms with Crippen molar-refractivity contribution in [2.75, 3.05) is 6.61 Å². The molecule has 0 bridgehead atoms. The van der Waals surface area contributed by atoms with Gasteiger partial charge in [-0.1, -0.05) is 12.8 Å². The van der Waals surface area contributed by atoms with Gasteiger partial charge in [-0.05, 0) is 25.8 Å². The van der Waals surface area contributed by atoms with Crippen LogP contribution in [0.1, 0.15) is 41.7 Å². The first-order valence-corrected chi connectivity index (χ1v) is 8.12. The zero-order chi connectivity index (χ0) is 17.8. The lowest BCUT2D eigenvalue weighted by atomic mass is 10.2. The molecule has 2 N–H and O–H groups in total. The van der Waals surface area contributed by atoms with Gasteiger partial charge in [0.05, 0.1) is 5.69 Å². The summed E-state index contributed by atoms with van der Waals surface area (Å²) in [5.74, 6) is -1.40. The van der Waals surface area contributed by atoms with Gasteiger partial charge < -0.3 is 10.1 Å². The van der Waals surface area contributed by atoms with Crippen molar-refractivity contribution >= 4 is 23.6 Å². The second kappa shape index (κ2) is 7.29. The highest BCUT2D eigenvalue weighted by Gasteiger charge is 2.22. The molecule has 0 aromatic carbocycles. The molecule has 9 nitrogen and oxygen atoms in total. The van der Waals surface area contributed by atoms with Crippen molar-refractivity contribution in [3.05, 3.63) is 29.7 Å². The van der Waals surface area contributed by atoms with Gasteiger partial charge in [0.25, 0.3) is 5.91 Å². The van der Waals surface area contributed by atoms with E-state index in [0.29, 0.717) is 11.3 Å². The van der Waals surface area contributed by atoms with Crippen LogP contribution in [0.3, 0.4) is 0 Å². The minimum atomic E-state index is -0.711. The van der Waals surface area contributed by atoms with Crippen molar-refractivity contribution < 1.29 is 19.1 Å². The molecule has 1 saturated carbocycles. The van der Waals surface area contributed by atoms with Crippen LogP contribution in [0.4, 0.5) is 4.79 Å². The molecule has 1 fully saturated rings. The number of nitrogens with zero attached hydrogens (tertiary/aromatic N) is 3. The van der Waals surface area contributed by atoms with Crippen LogP contribution in [0.5, 0.6) is 0 Å². The largest absolute Gasteiger partial charge is 0.452 e. The van der Waals surface area contributed by atoms with Crippen LogP contribution in [0.15, 0.2) is 18.5 Å². The van der Waals surface area contributed by atoms with Gasteiger partial charge >= 0.3 is 12.0 Å². The normalized spacial score (nSPS) is 14.4. The van der Waals surface area contributed by atoms with Crippen LogP contribution >= 0.6 is 0 Å². The summed E-state index contributed by atoms with van der Waals surface area (Å²) in [6.07, 6.45) is 7.17. The molecule has 1 aliphatic carbocycles. The van der Waals surface area contributed by atoms with Crippen LogP contribution in [-0.2, 0) is 9.53 Å². The number of urea groups is 1. The van der Waals surface area contributed by atoms with Gasteiger partial charge in [0.1, 0.15) is 5.56 Å². The number of aromatic nitrogens is 3. The molecule has 2 aromatic heterocycles. The van der Waals surface area contributed by atoms with Crippen molar-refractivity contribution in [1.82, 2.24) is 25.2 Å². The van der Waals surface area contributed by atoms with Crippen molar-refractivity contribution in [3.8, 4) is 0 Å². The Morgan fingerprint density at radius 1 is 1.32 bits per heavy atom. The number of imide groups is 1. The number of esters is 1. The average Bonchev–Trinajstić information content (AvgIpc) is 3.18. The molecule has 0 unspecified atom stereocenters. The second-order valence-corrected chi connectivity index (χ2v) is 5.93. The number of rotatable bonds is 4. The highest BCUT2D eigenvalue weighted by molar-refractivity contribution is 5.99. The van der Waals surface area contributed by atoms with E-state index in [1.54, 1.807) is 19.2 Å². The molecular weight excluding hydrogens is 326 g/mol. The summed E-state index contributed by atoms with van der Waals surface area (Å²) in [4.78, 5) is 39.8. The van der Waals surface area contributed by atoms with Gasteiger partial charge in [0.2, 0.25) is 0 Å². The minimum absolute atomic E-state index is 0.0999. The van der Waals surface area contributed by atoms with Crippen LogP contribution in [0, 0.1) is 6.92 Å². The van der Waals surface area contributed by atoms with Gasteiger partial charge in [0, 0.05) is 18.4 Å². The Kier molecular flexibility index (Phi) is 4.92. The summed E-state index contributed by atoms with van der Waals surface area (Å²) in [6, 6.07) is 1.22. The van der Waals surface area contributed by atoms with Gasteiger partial charge in [-0.2, -0.15) is 5.10 Å². The van der Waals surface area contributed by atoms with Crippen LogP contribution in [-0.4, -0.2) is 45.2 Å². The highest BCUT2D eigenvalue weighted by atomic mass is 16.5. The lowest BCUT2D eigenvalue weighted by molar-refractivity contribution is -0.123. The summed E-state index contributed by atoms with van der Waals surface area (Å²) in [5.41, 5.74) is 0.997. The molecule has 0 radical (unpaired) electrons. The van der Waals surface area contributed by atoms with Crippen molar-refractivity contribution in [1.29, 1.82) is 0 Å². The maximum Gasteiger partial charge on any atom is 0.344 e. The number of nitrogens with one attached hydrogen (secondary N) is 2. The summed E-state index contributed by atoms with van der Waals surface area (Å²) >= 11 is 0. The molecule has 25 heavy (non-hydrogen) atoms. The molecule has 1 aliphatic rings. The third kappa shape index (κ3) is 3.93. The van der Waals surface area contributed by atoms with E-state index in [4.69, 9.17) is 4.74 Å². The smallest absolute Gasteiger partial charge is 0.344 e. The maximum absolute atomic E-state index is 12.2. The van der Waals surface area contributed by atoms with E-state index in [0.717, 1.165) is 25.7 Å². The highest BCUT2D eigenvalue weighted by Crippen LogP contribution is 2.17. The fourth-order valence-corrected chi connectivity index (χ4v) is 2.89. The zero-order valence-corrected chi connectivity index (χ0v) is 13.8.